The minimum Gasteiger partial charge on any atom is -0.368 e. The number of rotatable bonds is 2. The van der Waals surface area contributed by atoms with Gasteiger partial charge in [0.2, 0.25) is 0 Å². The molecule has 1 aliphatic rings. The number of benzene rings is 2. The number of halogens is 1. The van der Waals surface area contributed by atoms with Crippen LogP contribution in [0.1, 0.15) is 0 Å². The molecule has 0 saturated carbocycles. The number of nitrogens with zero attached hydrogens (tertiary/aromatic N) is 2. The van der Waals surface area contributed by atoms with E-state index in [9.17, 15) is 0 Å². The van der Waals surface area contributed by atoms with Crippen molar-refractivity contribution in [3.8, 4) is 11.3 Å². The molecule has 1 aliphatic heterocycles. The second-order valence-electron chi connectivity index (χ2n) is 5.79. The van der Waals surface area contributed by atoms with Crippen molar-refractivity contribution in [1.29, 1.82) is 0 Å². The average Bonchev–Trinajstić information content (AvgIpc) is 2.62. The summed E-state index contributed by atoms with van der Waals surface area (Å²) in [7, 11) is 0. The number of nitrogens with one attached hydrogen (secondary N) is 1. The Morgan fingerprint density at radius 3 is 2.52 bits per heavy atom. The summed E-state index contributed by atoms with van der Waals surface area (Å²) >= 11 is 3.60. The highest BCUT2D eigenvalue weighted by Gasteiger charge is 2.16. The summed E-state index contributed by atoms with van der Waals surface area (Å²) in [4.78, 5) is 7.34. The van der Waals surface area contributed by atoms with Gasteiger partial charge >= 0.3 is 0 Å². The monoisotopic (exact) mass is 367 g/mol. The molecule has 2 aromatic carbocycles. The van der Waals surface area contributed by atoms with E-state index in [0.717, 1.165) is 47.4 Å². The number of aromatic nitrogens is 1. The lowest BCUT2D eigenvalue weighted by Crippen LogP contribution is -2.43. The minimum atomic E-state index is 1.03. The number of fused-ring (bicyclic) bond motifs is 1. The zero-order valence-electron chi connectivity index (χ0n) is 12.8. The number of hydrogen-bond donors (Lipinski definition) is 1. The highest BCUT2D eigenvalue weighted by Crippen LogP contribution is 2.32. The summed E-state index contributed by atoms with van der Waals surface area (Å²) in [5, 5.41) is 4.63. The number of anilines is 1. The van der Waals surface area contributed by atoms with Gasteiger partial charge in [0.25, 0.3) is 0 Å². The van der Waals surface area contributed by atoms with Gasteiger partial charge in [0.05, 0.1) is 11.2 Å². The van der Waals surface area contributed by atoms with E-state index in [4.69, 9.17) is 4.98 Å². The Balaban J connectivity index is 1.91. The predicted molar refractivity (Wildman–Crippen MR) is 100.0 cm³/mol. The summed E-state index contributed by atoms with van der Waals surface area (Å²) in [6.45, 7) is 4.11. The molecule has 0 atom stereocenters. The Labute approximate surface area is 144 Å². The van der Waals surface area contributed by atoms with Crippen molar-refractivity contribution in [3.63, 3.8) is 0 Å². The number of piperazine rings is 1. The third-order valence-electron chi connectivity index (χ3n) is 4.28. The molecule has 0 spiro atoms. The van der Waals surface area contributed by atoms with E-state index in [2.05, 4.69) is 74.7 Å². The van der Waals surface area contributed by atoms with Crippen molar-refractivity contribution < 1.29 is 0 Å². The molecule has 0 radical (unpaired) electrons. The van der Waals surface area contributed by atoms with E-state index < -0.39 is 0 Å². The predicted octanol–water partition coefficient (Wildman–Crippen LogP) is 4.07. The van der Waals surface area contributed by atoms with Crippen LogP contribution >= 0.6 is 15.9 Å². The maximum atomic E-state index is 4.88. The van der Waals surface area contributed by atoms with Gasteiger partial charge in [0.1, 0.15) is 0 Å². The van der Waals surface area contributed by atoms with Crippen molar-refractivity contribution in [3.05, 3.63) is 59.1 Å². The molecule has 2 heterocycles. The molecule has 3 aromatic rings. The third-order valence-corrected chi connectivity index (χ3v) is 4.77. The highest BCUT2D eigenvalue weighted by atomic mass is 79.9. The van der Waals surface area contributed by atoms with E-state index in [-0.39, 0.29) is 0 Å². The van der Waals surface area contributed by atoms with Crippen molar-refractivity contribution in [1.82, 2.24) is 10.3 Å². The first kappa shape index (κ1) is 14.7. The summed E-state index contributed by atoms with van der Waals surface area (Å²) in [6.07, 6.45) is 0. The molecule has 23 heavy (non-hydrogen) atoms. The van der Waals surface area contributed by atoms with Crippen LogP contribution in [0.25, 0.3) is 22.2 Å². The Bertz CT molecular complexity index is 827. The topological polar surface area (TPSA) is 28.2 Å². The van der Waals surface area contributed by atoms with E-state index in [0.29, 0.717) is 0 Å². The first-order chi connectivity index (χ1) is 11.3. The number of hydrogen-bond acceptors (Lipinski definition) is 3. The molecule has 0 unspecified atom stereocenters. The molecule has 1 N–H and O–H groups in total. The van der Waals surface area contributed by atoms with E-state index in [1.807, 2.05) is 6.07 Å². The van der Waals surface area contributed by atoms with Crippen LogP contribution in [-0.2, 0) is 0 Å². The molecule has 0 aliphatic carbocycles. The van der Waals surface area contributed by atoms with E-state index in [1.165, 1.54) is 11.1 Å². The van der Waals surface area contributed by atoms with Gasteiger partial charge in [-0.1, -0.05) is 46.3 Å². The molecule has 4 heteroatoms. The quantitative estimate of drug-likeness (QED) is 0.739. The molecule has 1 fully saturated rings. The van der Waals surface area contributed by atoms with Crippen LogP contribution in [0, 0.1) is 0 Å². The lowest BCUT2D eigenvalue weighted by molar-refractivity contribution is 0.590. The molecule has 0 amide bonds. The van der Waals surface area contributed by atoms with Gasteiger partial charge in [-0.05, 0) is 24.3 Å². The molecule has 4 rings (SSSR count). The summed E-state index contributed by atoms with van der Waals surface area (Å²) < 4.78 is 1.09. The second kappa shape index (κ2) is 6.30. The van der Waals surface area contributed by atoms with Gasteiger partial charge in [-0.15, -0.1) is 0 Å². The van der Waals surface area contributed by atoms with Crippen LogP contribution in [-0.4, -0.2) is 31.2 Å². The van der Waals surface area contributed by atoms with Gasteiger partial charge in [-0.25, -0.2) is 4.98 Å². The fourth-order valence-corrected chi connectivity index (χ4v) is 3.47. The molecule has 3 nitrogen and oxygen atoms in total. The average molecular weight is 368 g/mol. The van der Waals surface area contributed by atoms with Crippen LogP contribution in [0.2, 0.25) is 0 Å². The Morgan fingerprint density at radius 1 is 0.957 bits per heavy atom. The van der Waals surface area contributed by atoms with Crippen LogP contribution in [0.15, 0.2) is 59.1 Å². The summed E-state index contributed by atoms with van der Waals surface area (Å²) in [6, 6.07) is 19.0. The van der Waals surface area contributed by atoms with Crippen molar-refractivity contribution in [2.24, 2.45) is 0 Å². The lowest BCUT2D eigenvalue weighted by atomic mass is 10.1. The maximum Gasteiger partial charge on any atom is 0.0731 e. The van der Waals surface area contributed by atoms with Crippen LogP contribution < -0.4 is 10.2 Å². The fraction of sp³-hybridized carbons (Fsp3) is 0.211. The van der Waals surface area contributed by atoms with Crippen LogP contribution in [0.3, 0.4) is 0 Å². The van der Waals surface area contributed by atoms with Crippen LogP contribution in [0.4, 0.5) is 5.69 Å². The van der Waals surface area contributed by atoms with Crippen LogP contribution in [0.5, 0.6) is 0 Å². The first-order valence-corrected chi connectivity index (χ1v) is 8.72. The van der Waals surface area contributed by atoms with Crippen molar-refractivity contribution >= 4 is 32.5 Å². The zero-order chi connectivity index (χ0) is 15.6. The Kier molecular flexibility index (Phi) is 4.02. The lowest BCUT2D eigenvalue weighted by Gasteiger charge is -2.30. The first-order valence-electron chi connectivity index (χ1n) is 7.93. The minimum absolute atomic E-state index is 1.03. The van der Waals surface area contributed by atoms with Gasteiger partial charge in [0, 0.05) is 47.3 Å². The van der Waals surface area contributed by atoms with Crippen molar-refractivity contribution in [2.45, 2.75) is 0 Å². The molecular formula is C19H18BrN3. The molecule has 1 saturated heterocycles. The largest absolute Gasteiger partial charge is 0.368 e. The zero-order valence-corrected chi connectivity index (χ0v) is 14.4. The third kappa shape index (κ3) is 2.96. The van der Waals surface area contributed by atoms with E-state index >= 15 is 0 Å². The Hall–Kier alpha value is -1.91. The van der Waals surface area contributed by atoms with Gasteiger partial charge < -0.3 is 10.2 Å². The SMILES string of the molecule is Brc1ccc2nc(-c3ccccc3)cc(N3CCNCC3)c2c1. The molecular weight excluding hydrogens is 350 g/mol. The summed E-state index contributed by atoms with van der Waals surface area (Å²) in [5.41, 5.74) is 4.52. The molecule has 1 aromatic heterocycles. The van der Waals surface area contributed by atoms with Gasteiger partial charge in [0.15, 0.2) is 0 Å². The normalized spacial score (nSPS) is 15.1. The highest BCUT2D eigenvalue weighted by molar-refractivity contribution is 9.10. The number of pyridine rings is 1. The van der Waals surface area contributed by atoms with Gasteiger partial charge in [-0.2, -0.15) is 0 Å². The standard InChI is InChI=1S/C19H18BrN3/c20-15-6-7-17-16(12-15)19(23-10-8-21-9-11-23)13-18(22-17)14-4-2-1-3-5-14/h1-7,12-13,21H,8-11H2. The van der Waals surface area contributed by atoms with E-state index in [1.54, 1.807) is 0 Å². The Morgan fingerprint density at radius 2 is 1.74 bits per heavy atom. The maximum absolute atomic E-state index is 4.88. The van der Waals surface area contributed by atoms with Crippen molar-refractivity contribution in [2.75, 3.05) is 31.1 Å². The summed E-state index contributed by atoms with van der Waals surface area (Å²) in [5.74, 6) is 0. The fourth-order valence-electron chi connectivity index (χ4n) is 3.10. The second-order valence-corrected chi connectivity index (χ2v) is 6.71. The molecule has 0 bridgehead atoms. The van der Waals surface area contributed by atoms with Gasteiger partial charge in [-0.3, -0.25) is 0 Å². The smallest absolute Gasteiger partial charge is 0.0731 e. The molecule has 116 valence electrons.